The molecule has 0 radical (unpaired) electrons. The number of azo groups is 1. The number of anilines is 2. The van der Waals surface area contributed by atoms with Crippen LogP contribution in [0.15, 0.2) is 40.6 Å². The number of nitrogens with zero attached hydrogens (tertiary/aromatic N) is 2. The van der Waals surface area contributed by atoms with Gasteiger partial charge in [-0.05, 0) is 26.0 Å². The summed E-state index contributed by atoms with van der Waals surface area (Å²) in [7, 11) is 1.55. The molecular weight excluding hydrogens is 308 g/mol. The van der Waals surface area contributed by atoms with Gasteiger partial charge in [0.15, 0.2) is 0 Å². The molecule has 0 aliphatic carbocycles. The lowest BCUT2D eigenvalue weighted by Crippen LogP contribution is -1.99. The van der Waals surface area contributed by atoms with Crippen molar-refractivity contribution in [3.05, 3.63) is 30.3 Å². The molecule has 0 unspecified atom stereocenters. The van der Waals surface area contributed by atoms with Gasteiger partial charge in [0.1, 0.15) is 28.6 Å². The number of ether oxygens (including phenoxy) is 3. The lowest BCUT2D eigenvalue weighted by Gasteiger charge is -2.12. The van der Waals surface area contributed by atoms with Crippen molar-refractivity contribution in [1.82, 2.24) is 0 Å². The quantitative estimate of drug-likeness (QED) is 0.588. The van der Waals surface area contributed by atoms with Gasteiger partial charge < -0.3 is 25.7 Å². The molecule has 0 atom stereocenters. The van der Waals surface area contributed by atoms with E-state index in [0.29, 0.717) is 53.2 Å². The monoisotopic (exact) mass is 330 g/mol. The number of benzene rings is 2. The molecule has 0 fully saturated rings. The highest BCUT2D eigenvalue weighted by atomic mass is 16.5. The minimum Gasteiger partial charge on any atom is -0.494 e. The third kappa shape index (κ3) is 4.07. The van der Waals surface area contributed by atoms with Gasteiger partial charge in [-0.25, -0.2) is 0 Å². The van der Waals surface area contributed by atoms with Gasteiger partial charge in [0.2, 0.25) is 0 Å². The molecule has 0 heterocycles. The molecular formula is C17H22N4O3. The molecule has 0 aromatic heterocycles. The molecule has 7 heteroatoms. The summed E-state index contributed by atoms with van der Waals surface area (Å²) in [5.41, 5.74) is 13.9. The van der Waals surface area contributed by atoms with Crippen LogP contribution in [0.5, 0.6) is 17.2 Å². The van der Waals surface area contributed by atoms with E-state index in [-0.39, 0.29) is 0 Å². The molecule has 2 aromatic rings. The maximum absolute atomic E-state index is 5.97. The Hall–Kier alpha value is -2.96. The maximum Gasteiger partial charge on any atom is 0.149 e. The van der Waals surface area contributed by atoms with Crippen molar-refractivity contribution < 1.29 is 14.2 Å². The van der Waals surface area contributed by atoms with E-state index >= 15 is 0 Å². The van der Waals surface area contributed by atoms with Gasteiger partial charge in [0.05, 0.1) is 26.0 Å². The van der Waals surface area contributed by atoms with E-state index < -0.39 is 0 Å². The molecule has 2 aromatic carbocycles. The van der Waals surface area contributed by atoms with Gasteiger partial charge in [0, 0.05) is 23.9 Å². The van der Waals surface area contributed by atoms with Gasteiger partial charge in [-0.1, -0.05) is 0 Å². The van der Waals surface area contributed by atoms with Crippen LogP contribution >= 0.6 is 0 Å². The van der Waals surface area contributed by atoms with E-state index in [1.54, 1.807) is 37.4 Å². The molecule has 0 saturated carbocycles. The van der Waals surface area contributed by atoms with Crippen LogP contribution in [0.2, 0.25) is 0 Å². The Bertz CT molecular complexity index is 732. The first-order chi connectivity index (χ1) is 11.6. The zero-order valence-corrected chi connectivity index (χ0v) is 14.1. The van der Waals surface area contributed by atoms with E-state index in [0.717, 1.165) is 0 Å². The van der Waals surface area contributed by atoms with E-state index in [4.69, 9.17) is 25.7 Å². The summed E-state index contributed by atoms with van der Waals surface area (Å²) >= 11 is 0. The molecule has 4 N–H and O–H groups in total. The number of nitrogens with two attached hydrogens (primary N) is 2. The minimum absolute atomic E-state index is 0.487. The van der Waals surface area contributed by atoms with Gasteiger partial charge in [-0.15, -0.1) is 10.2 Å². The predicted octanol–water partition coefficient (Wildman–Crippen LogP) is 4.07. The molecule has 0 aliphatic rings. The first kappa shape index (κ1) is 17.4. The second-order valence-electron chi connectivity index (χ2n) is 4.86. The van der Waals surface area contributed by atoms with Crippen LogP contribution in [-0.2, 0) is 0 Å². The fraction of sp³-hybridized carbons (Fsp3) is 0.294. The standard InChI is InChI=1S/C17H22N4O3/c1-4-23-15-10-14(17(24-5-2)9-12(15)19)21-20-13-7-6-11(18)8-16(13)22-3/h6-10H,4-5,18-19H2,1-3H3. The Morgan fingerprint density at radius 3 is 2.17 bits per heavy atom. The van der Waals surface area contributed by atoms with Crippen LogP contribution < -0.4 is 25.7 Å². The van der Waals surface area contributed by atoms with Crippen molar-refractivity contribution in [3.8, 4) is 17.2 Å². The van der Waals surface area contributed by atoms with Crippen LogP contribution in [-0.4, -0.2) is 20.3 Å². The van der Waals surface area contributed by atoms with Gasteiger partial charge in [-0.2, -0.15) is 0 Å². The predicted molar refractivity (Wildman–Crippen MR) is 94.8 cm³/mol. The van der Waals surface area contributed by atoms with E-state index in [9.17, 15) is 0 Å². The van der Waals surface area contributed by atoms with Crippen LogP contribution in [0.1, 0.15) is 13.8 Å². The van der Waals surface area contributed by atoms with E-state index in [2.05, 4.69) is 10.2 Å². The number of methoxy groups -OCH3 is 1. The van der Waals surface area contributed by atoms with Crippen molar-refractivity contribution in [1.29, 1.82) is 0 Å². The van der Waals surface area contributed by atoms with Crippen LogP contribution in [0.3, 0.4) is 0 Å². The molecule has 128 valence electrons. The normalized spacial score (nSPS) is 10.8. The van der Waals surface area contributed by atoms with E-state index in [1.807, 2.05) is 13.8 Å². The third-order valence-electron chi connectivity index (χ3n) is 3.16. The van der Waals surface area contributed by atoms with Crippen molar-refractivity contribution in [2.75, 3.05) is 31.8 Å². The molecule has 7 nitrogen and oxygen atoms in total. The van der Waals surface area contributed by atoms with Crippen molar-refractivity contribution in [3.63, 3.8) is 0 Å². The number of hydrogen-bond donors (Lipinski definition) is 2. The SMILES string of the molecule is CCOc1cc(N=Nc2ccc(N)cc2OC)c(OCC)cc1N. The van der Waals surface area contributed by atoms with E-state index in [1.165, 1.54) is 0 Å². The smallest absolute Gasteiger partial charge is 0.149 e. The first-order valence-corrected chi connectivity index (χ1v) is 7.63. The Morgan fingerprint density at radius 1 is 0.833 bits per heavy atom. The van der Waals surface area contributed by atoms with Crippen molar-refractivity contribution >= 4 is 22.7 Å². The molecule has 24 heavy (non-hydrogen) atoms. The molecule has 0 bridgehead atoms. The summed E-state index contributed by atoms with van der Waals surface area (Å²) in [4.78, 5) is 0. The second kappa shape index (κ2) is 8.05. The third-order valence-corrected chi connectivity index (χ3v) is 3.16. The lowest BCUT2D eigenvalue weighted by atomic mass is 10.2. The summed E-state index contributed by atoms with van der Waals surface area (Å²) in [5.74, 6) is 1.62. The topological polar surface area (TPSA) is 104 Å². The molecule has 0 aliphatic heterocycles. The van der Waals surface area contributed by atoms with Crippen LogP contribution in [0.25, 0.3) is 0 Å². The maximum atomic E-state index is 5.97. The Balaban J connectivity index is 2.41. The summed E-state index contributed by atoms with van der Waals surface area (Å²) in [5, 5.41) is 8.49. The summed E-state index contributed by atoms with van der Waals surface area (Å²) in [6.07, 6.45) is 0. The average Bonchev–Trinajstić information content (AvgIpc) is 2.57. The Kier molecular flexibility index (Phi) is 5.83. The van der Waals surface area contributed by atoms with Gasteiger partial charge >= 0.3 is 0 Å². The Labute approximate surface area is 141 Å². The highest BCUT2D eigenvalue weighted by Gasteiger charge is 2.10. The van der Waals surface area contributed by atoms with Gasteiger partial charge in [-0.3, -0.25) is 0 Å². The summed E-state index contributed by atoms with van der Waals surface area (Å²) in [6.45, 7) is 4.76. The summed E-state index contributed by atoms with van der Waals surface area (Å²) in [6, 6.07) is 8.54. The molecule has 2 rings (SSSR count). The molecule has 0 saturated heterocycles. The molecule has 0 spiro atoms. The second-order valence-corrected chi connectivity index (χ2v) is 4.86. The first-order valence-electron chi connectivity index (χ1n) is 7.63. The fourth-order valence-corrected chi connectivity index (χ4v) is 2.08. The number of rotatable bonds is 7. The van der Waals surface area contributed by atoms with Gasteiger partial charge in [0.25, 0.3) is 0 Å². The average molecular weight is 330 g/mol. The zero-order valence-electron chi connectivity index (χ0n) is 14.1. The highest BCUT2D eigenvalue weighted by molar-refractivity contribution is 5.67. The minimum atomic E-state index is 0.487. The van der Waals surface area contributed by atoms with Crippen LogP contribution in [0.4, 0.5) is 22.7 Å². The number of hydrogen-bond acceptors (Lipinski definition) is 7. The highest BCUT2D eigenvalue weighted by Crippen LogP contribution is 2.39. The van der Waals surface area contributed by atoms with Crippen molar-refractivity contribution in [2.45, 2.75) is 13.8 Å². The summed E-state index contributed by atoms with van der Waals surface area (Å²) < 4.78 is 16.3. The lowest BCUT2D eigenvalue weighted by molar-refractivity contribution is 0.333. The largest absolute Gasteiger partial charge is 0.494 e. The van der Waals surface area contributed by atoms with Crippen molar-refractivity contribution in [2.24, 2.45) is 10.2 Å². The number of nitrogen functional groups attached to an aromatic ring is 2. The fourth-order valence-electron chi connectivity index (χ4n) is 2.08. The molecule has 0 amide bonds. The van der Waals surface area contributed by atoms with Crippen LogP contribution in [0, 0.1) is 0 Å². The zero-order chi connectivity index (χ0) is 17.5. The Morgan fingerprint density at radius 2 is 1.50 bits per heavy atom.